The number of hydrogen-bond acceptors (Lipinski definition) is 4. The van der Waals surface area contributed by atoms with Gasteiger partial charge in [-0.1, -0.05) is 18.3 Å². The fourth-order valence-corrected chi connectivity index (χ4v) is 2.97. The summed E-state index contributed by atoms with van der Waals surface area (Å²) < 4.78 is 0. The molecule has 0 aliphatic heterocycles. The first-order chi connectivity index (χ1) is 9.63. The highest BCUT2D eigenvalue weighted by molar-refractivity contribution is 7.98. The molecule has 104 valence electrons. The third-order valence-electron chi connectivity index (χ3n) is 3.07. The van der Waals surface area contributed by atoms with Gasteiger partial charge in [-0.05, 0) is 43.0 Å². The topological polar surface area (TPSA) is 50.9 Å². The summed E-state index contributed by atoms with van der Waals surface area (Å²) in [6.45, 7) is 2.10. The molecule has 5 heteroatoms. The summed E-state index contributed by atoms with van der Waals surface area (Å²) in [5.41, 5.74) is 8.92. The second kappa shape index (κ2) is 6.72. The summed E-state index contributed by atoms with van der Waals surface area (Å²) in [4.78, 5) is 5.54. The van der Waals surface area contributed by atoms with Gasteiger partial charge in [-0.25, -0.2) is 0 Å². The normalized spacial score (nSPS) is 11.9. The minimum absolute atomic E-state index is 0.156. The molecule has 0 aliphatic rings. The molecular weight excluding hydrogens is 286 g/mol. The number of nitrogens with one attached hydrogen (secondary N) is 1. The molecule has 0 aliphatic carbocycles. The molecule has 1 unspecified atom stereocenters. The van der Waals surface area contributed by atoms with Gasteiger partial charge in [0.1, 0.15) is 4.99 Å². The maximum Gasteiger partial charge on any atom is 0.107 e. The maximum atomic E-state index is 5.87. The van der Waals surface area contributed by atoms with Gasteiger partial charge in [0.15, 0.2) is 0 Å². The van der Waals surface area contributed by atoms with Crippen LogP contribution in [0.5, 0.6) is 0 Å². The summed E-state index contributed by atoms with van der Waals surface area (Å²) in [7, 11) is 0. The summed E-state index contributed by atoms with van der Waals surface area (Å²) in [5.74, 6) is 0. The molecule has 0 fully saturated rings. The van der Waals surface area contributed by atoms with Gasteiger partial charge in [-0.15, -0.1) is 11.8 Å². The first-order valence-electron chi connectivity index (χ1n) is 6.26. The number of hydrogen-bond donors (Lipinski definition) is 2. The number of rotatable bonds is 5. The molecule has 3 N–H and O–H groups in total. The van der Waals surface area contributed by atoms with Crippen LogP contribution in [0.3, 0.4) is 0 Å². The highest BCUT2D eigenvalue weighted by Crippen LogP contribution is 2.29. The Morgan fingerprint density at radius 1 is 1.30 bits per heavy atom. The number of thiocarbonyl (C=S) groups is 1. The van der Waals surface area contributed by atoms with E-state index in [-0.39, 0.29) is 6.04 Å². The average molecular weight is 303 g/mol. The van der Waals surface area contributed by atoms with Crippen molar-refractivity contribution in [3.63, 3.8) is 0 Å². The molecule has 2 aromatic rings. The molecule has 2 rings (SSSR count). The van der Waals surface area contributed by atoms with Gasteiger partial charge < -0.3 is 11.1 Å². The number of anilines is 1. The van der Waals surface area contributed by atoms with Gasteiger partial charge in [0, 0.05) is 34.6 Å². The van der Waals surface area contributed by atoms with Crippen LogP contribution in [0, 0.1) is 0 Å². The zero-order chi connectivity index (χ0) is 14.5. The van der Waals surface area contributed by atoms with Crippen molar-refractivity contribution in [3.8, 4) is 0 Å². The number of benzene rings is 1. The fourth-order valence-electron chi connectivity index (χ4n) is 2.04. The van der Waals surface area contributed by atoms with E-state index in [1.54, 1.807) is 24.2 Å². The molecule has 3 nitrogen and oxygen atoms in total. The number of thioether (sulfide) groups is 1. The molecule has 1 atom stereocenters. The van der Waals surface area contributed by atoms with Crippen molar-refractivity contribution in [1.29, 1.82) is 0 Å². The SMILES string of the molecule is CSc1cccc(NC(C)c2ccncc2)c1C(N)=S. The van der Waals surface area contributed by atoms with Crippen molar-refractivity contribution in [3.05, 3.63) is 53.9 Å². The fraction of sp³-hybridized carbons (Fsp3) is 0.200. The van der Waals surface area contributed by atoms with E-state index in [1.165, 1.54) is 5.56 Å². The van der Waals surface area contributed by atoms with E-state index in [1.807, 2.05) is 36.6 Å². The second-order valence-corrected chi connectivity index (χ2v) is 5.68. The zero-order valence-corrected chi connectivity index (χ0v) is 13.1. The number of nitrogens with zero attached hydrogens (tertiary/aromatic N) is 1. The standard InChI is InChI=1S/C15H17N3S2/c1-10(11-6-8-17-9-7-11)18-12-4-3-5-13(20-2)14(12)15(16)19/h3-10,18H,1-2H3,(H2,16,19). The van der Waals surface area contributed by atoms with Crippen molar-refractivity contribution < 1.29 is 0 Å². The van der Waals surface area contributed by atoms with Gasteiger partial charge in [-0.3, -0.25) is 4.98 Å². The van der Waals surface area contributed by atoms with Crippen LogP contribution in [0.4, 0.5) is 5.69 Å². The van der Waals surface area contributed by atoms with Gasteiger partial charge in [0.25, 0.3) is 0 Å². The average Bonchev–Trinajstić information content (AvgIpc) is 2.47. The Bertz CT molecular complexity index is 599. The van der Waals surface area contributed by atoms with Crippen LogP contribution in [-0.4, -0.2) is 16.2 Å². The van der Waals surface area contributed by atoms with Gasteiger partial charge in [-0.2, -0.15) is 0 Å². The predicted molar refractivity (Wildman–Crippen MR) is 90.4 cm³/mol. The minimum Gasteiger partial charge on any atom is -0.389 e. The summed E-state index contributed by atoms with van der Waals surface area (Å²) >= 11 is 6.83. The Hall–Kier alpha value is -1.59. The van der Waals surface area contributed by atoms with Crippen LogP contribution in [0.25, 0.3) is 0 Å². The van der Waals surface area contributed by atoms with Crippen molar-refractivity contribution >= 4 is 34.7 Å². The number of aromatic nitrogens is 1. The Morgan fingerprint density at radius 3 is 2.60 bits per heavy atom. The van der Waals surface area contributed by atoms with Gasteiger partial charge >= 0.3 is 0 Å². The van der Waals surface area contributed by atoms with Crippen LogP contribution in [0.1, 0.15) is 24.1 Å². The molecule has 20 heavy (non-hydrogen) atoms. The van der Waals surface area contributed by atoms with Crippen LogP contribution < -0.4 is 11.1 Å². The van der Waals surface area contributed by atoms with Crippen LogP contribution >= 0.6 is 24.0 Å². The number of pyridine rings is 1. The monoisotopic (exact) mass is 303 g/mol. The second-order valence-electron chi connectivity index (χ2n) is 4.39. The lowest BCUT2D eigenvalue weighted by Gasteiger charge is -2.19. The summed E-state index contributed by atoms with van der Waals surface area (Å²) in [5, 5.41) is 3.47. The lowest BCUT2D eigenvalue weighted by molar-refractivity contribution is 0.879. The molecule has 1 aromatic carbocycles. The lowest BCUT2D eigenvalue weighted by Crippen LogP contribution is -2.16. The van der Waals surface area contributed by atoms with Crippen molar-refractivity contribution in [2.75, 3.05) is 11.6 Å². The first kappa shape index (κ1) is 14.8. The van der Waals surface area contributed by atoms with E-state index in [9.17, 15) is 0 Å². The van der Waals surface area contributed by atoms with E-state index in [0.29, 0.717) is 4.99 Å². The summed E-state index contributed by atoms with van der Waals surface area (Å²) in [6.07, 6.45) is 5.60. The van der Waals surface area contributed by atoms with Gasteiger partial charge in [0.05, 0.1) is 0 Å². The summed E-state index contributed by atoms with van der Waals surface area (Å²) in [6, 6.07) is 10.2. The van der Waals surface area contributed by atoms with Crippen LogP contribution in [0.15, 0.2) is 47.6 Å². The highest BCUT2D eigenvalue weighted by Gasteiger charge is 2.13. The molecule has 1 aromatic heterocycles. The number of nitrogens with two attached hydrogens (primary N) is 1. The molecule has 0 amide bonds. The van der Waals surface area contributed by atoms with Crippen LogP contribution in [-0.2, 0) is 0 Å². The Labute approximate surface area is 129 Å². The first-order valence-corrected chi connectivity index (χ1v) is 7.90. The lowest BCUT2D eigenvalue weighted by atomic mass is 10.1. The van der Waals surface area contributed by atoms with E-state index in [2.05, 4.69) is 17.2 Å². The highest BCUT2D eigenvalue weighted by atomic mass is 32.2. The van der Waals surface area contributed by atoms with Crippen molar-refractivity contribution in [1.82, 2.24) is 4.98 Å². The Balaban J connectivity index is 2.32. The largest absolute Gasteiger partial charge is 0.389 e. The van der Waals surface area contributed by atoms with E-state index in [4.69, 9.17) is 18.0 Å². The molecular formula is C15H17N3S2. The third-order valence-corrected chi connectivity index (χ3v) is 4.05. The zero-order valence-electron chi connectivity index (χ0n) is 11.5. The quantitative estimate of drug-likeness (QED) is 0.653. The van der Waals surface area contributed by atoms with Gasteiger partial charge in [0.2, 0.25) is 0 Å². The van der Waals surface area contributed by atoms with E-state index >= 15 is 0 Å². The molecule has 0 radical (unpaired) electrons. The smallest absolute Gasteiger partial charge is 0.107 e. The third kappa shape index (κ3) is 3.29. The molecule has 0 saturated carbocycles. The Morgan fingerprint density at radius 2 is 2.00 bits per heavy atom. The van der Waals surface area contributed by atoms with Crippen molar-refractivity contribution in [2.45, 2.75) is 17.9 Å². The predicted octanol–water partition coefficient (Wildman–Crippen LogP) is 3.61. The minimum atomic E-state index is 0.156. The van der Waals surface area contributed by atoms with Crippen molar-refractivity contribution in [2.24, 2.45) is 5.73 Å². The Kier molecular flexibility index (Phi) is 4.98. The molecule has 0 saturated heterocycles. The molecule has 0 bridgehead atoms. The molecule has 0 spiro atoms. The van der Waals surface area contributed by atoms with E-state index in [0.717, 1.165) is 16.1 Å². The maximum absolute atomic E-state index is 5.87. The van der Waals surface area contributed by atoms with E-state index < -0.39 is 0 Å². The van der Waals surface area contributed by atoms with Crippen LogP contribution in [0.2, 0.25) is 0 Å². The molecule has 1 heterocycles.